The minimum atomic E-state index is -4.46. The molecule has 0 aliphatic heterocycles. The van der Waals surface area contributed by atoms with Crippen molar-refractivity contribution >= 4 is 29.2 Å². The summed E-state index contributed by atoms with van der Waals surface area (Å²) in [6.45, 7) is -1.14. The van der Waals surface area contributed by atoms with Gasteiger partial charge in [0.05, 0.1) is 25.1 Å². The lowest BCUT2D eigenvalue weighted by Crippen LogP contribution is -2.34. The van der Waals surface area contributed by atoms with E-state index in [9.17, 15) is 27.6 Å². The largest absolute Gasteiger partial charge is 0.495 e. The van der Waals surface area contributed by atoms with Gasteiger partial charge in [-0.1, -0.05) is 17.7 Å². The van der Waals surface area contributed by atoms with Gasteiger partial charge in [0.2, 0.25) is 5.91 Å². The number of ether oxygens (including phenoxy) is 2. The molecule has 1 amide bonds. The van der Waals surface area contributed by atoms with Crippen molar-refractivity contribution in [2.75, 3.05) is 26.1 Å². The van der Waals surface area contributed by atoms with E-state index in [4.69, 9.17) is 26.2 Å². The Morgan fingerprint density at radius 3 is 2.40 bits per heavy atom. The maximum Gasteiger partial charge on any atom is 0.408 e. The van der Waals surface area contributed by atoms with Crippen LogP contribution in [0.3, 0.4) is 0 Å². The second-order valence-corrected chi connectivity index (χ2v) is 9.84. The van der Waals surface area contributed by atoms with Crippen molar-refractivity contribution in [3.8, 4) is 28.0 Å². The van der Waals surface area contributed by atoms with Gasteiger partial charge < -0.3 is 19.9 Å². The summed E-state index contributed by atoms with van der Waals surface area (Å²) in [5.41, 5.74) is 1.28. The van der Waals surface area contributed by atoms with Gasteiger partial charge in [-0.25, -0.2) is 4.79 Å². The number of hydrogen-bond acceptors (Lipinski definition) is 6. The number of nitrogens with zero attached hydrogens (tertiary/aromatic N) is 3. The van der Waals surface area contributed by atoms with Crippen LogP contribution >= 0.6 is 11.6 Å². The maximum atomic E-state index is 13.5. The Hall–Kier alpha value is -4.62. The van der Waals surface area contributed by atoms with Crippen LogP contribution in [0.15, 0.2) is 71.9 Å². The molecule has 0 aliphatic rings. The third kappa shape index (κ3) is 7.62. The topological polar surface area (TPSA) is 125 Å². The van der Waals surface area contributed by atoms with Crippen LogP contribution in [0.1, 0.15) is 22.8 Å². The van der Waals surface area contributed by atoms with Crippen molar-refractivity contribution in [2.45, 2.75) is 25.2 Å². The molecule has 0 spiro atoms. The van der Waals surface area contributed by atoms with Crippen molar-refractivity contribution in [3.05, 3.63) is 88.1 Å². The van der Waals surface area contributed by atoms with E-state index in [0.717, 1.165) is 4.68 Å². The highest BCUT2D eigenvalue weighted by Gasteiger charge is 2.29. The van der Waals surface area contributed by atoms with Crippen molar-refractivity contribution < 1.29 is 37.3 Å². The van der Waals surface area contributed by atoms with Crippen molar-refractivity contribution in [1.29, 1.82) is 0 Å². The van der Waals surface area contributed by atoms with E-state index in [-0.39, 0.29) is 24.3 Å². The molecular weight excluding hydrogens is 593 g/mol. The van der Waals surface area contributed by atoms with E-state index in [1.165, 1.54) is 67.7 Å². The normalized spacial score (nSPS) is 12.1. The first-order chi connectivity index (χ1) is 20.4. The quantitative estimate of drug-likeness (QED) is 0.227. The van der Waals surface area contributed by atoms with Gasteiger partial charge >= 0.3 is 12.1 Å². The predicted molar refractivity (Wildman–Crippen MR) is 153 cm³/mol. The number of methoxy groups -OCH3 is 2. The lowest BCUT2D eigenvalue weighted by atomic mass is 9.96. The molecule has 14 heteroatoms. The molecule has 0 fully saturated rings. The number of anilines is 1. The molecule has 2 N–H and O–H groups in total. The molecule has 1 atom stereocenters. The number of aromatic nitrogens is 3. The molecule has 2 aromatic heterocycles. The van der Waals surface area contributed by atoms with Gasteiger partial charge in [-0.15, -0.1) is 0 Å². The van der Waals surface area contributed by atoms with Gasteiger partial charge in [-0.3, -0.25) is 18.8 Å². The zero-order chi connectivity index (χ0) is 31.3. The van der Waals surface area contributed by atoms with E-state index < -0.39 is 36.2 Å². The average molecular weight is 619 g/mol. The Morgan fingerprint density at radius 2 is 1.77 bits per heavy atom. The number of pyridine rings is 1. The third-order valence-electron chi connectivity index (χ3n) is 6.45. The summed E-state index contributed by atoms with van der Waals surface area (Å²) in [5.74, 6) is -1.49. The smallest absolute Gasteiger partial charge is 0.408 e. The summed E-state index contributed by atoms with van der Waals surface area (Å²) in [6, 6.07) is 10.4. The zero-order valence-electron chi connectivity index (χ0n) is 22.9. The van der Waals surface area contributed by atoms with Crippen LogP contribution in [-0.4, -0.2) is 58.3 Å². The highest BCUT2D eigenvalue weighted by Crippen LogP contribution is 2.38. The average Bonchev–Trinajstić information content (AvgIpc) is 3.40. The minimum absolute atomic E-state index is 0.0403. The fourth-order valence-corrected chi connectivity index (χ4v) is 4.63. The first kappa shape index (κ1) is 31.3. The number of rotatable bonds is 11. The molecule has 1 unspecified atom stereocenters. The number of carbonyl (C=O) groups is 2. The molecule has 0 saturated carbocycles. The number of carbonyl (C=O) groups excluding carboxylic acids is 1. The first-order valence-electron chi connectivity index (χ1n) is 12.7. The van der Waals surface area contributed by atoms with E-state index in [0.29, 0.717) is 33.0 Å². The Morgan fingerprint density at radius 1 is 1.05 bits per heavy atom. The Bertz CT molecular complexity index is 1680. The minimum Gasteiger partial charge on any atom is -0.495 e. The van der Waals surface area contributed by atoms with Crippen LogP contribution in [-0.2, 0) is 16.1 Å². The molecule has 0 bridgehead atoms. The summed E-state index contributed by atoms with van der Waals surface area (Å²) in [5, 5.41) is 15.9. The monoisotopic (exact) mass is 618 g/mol. The standard InChI is InChI=1S/C29H26ClF3N4O6/c1-42-10-9-24(27(39)35-20-6-3-17(4-7-20)28(40)41)37-15-25(43-2)23(12-26(37)38)22-11-19(30)5-8-21(22)18-13-34-36(14-18)16-29(31,32)33/h3-8,11-15,24H,9-10,16H2,1-2H3,(H,35,39)(H,40,41). The number of hydrogen-bond donors (Lipinski definition) is 2. The molecule has 0 radical (unpaired) electrons. The summed E-state index contributed by atoms with van der Waals surface area (Å²) in [6.07, 6.45) is -0.475. The van der Waals surface area contributed by atoms with Crippen LogP contribution in [0.5, 0.6) is 5.75 Å². The Kier molecular flexibility index (Phi) is 9.56. The Balaban J connectivity index is 1.74. The maximum absolute atomic E-state index is 13.5. The molecule has 4 aromatic rings. The van der Waals surface area contributed by atoms with E-state index in [2.05, 4.69) is 10.4 Å². The molecule has 2 aromatic carbocycles. The summed E-state index contributed by atoms with van der Waals surface area (Å²) in [7, 11) is 2.82. The van der Waals surface area contributed by atoms with Gasteiger partial charge in [-0.2, -0.15) is 18.3 Å². The van der Waals surface area contributed by atoms with Gasteiger partial charge in [0, 0.05) is 54.2 Å². The lowest BCUT2D eigenvalue weighted by molar-refractivity contribution is -0.142. The van der Waals surface area contributed by atoms with E-state index in [1.54, 1.807) is 18.2 Å². The fraction of sp³-hybridized carbons (Fsp3) is 0.241. The molecule has 0 aliphatic carbocycles. The summed E-state index contributed by atoms with van der Waals surface area (Å²) in [4.78, 5) is 38.0. The SMILES string of the molecule is COCCC(C(=O)Nc1ccc(C(=O)O)cc1)n1cc(OC)c(-c2cc(Cl)ccc2-c2cnn(CC(F)(F)F)c2)cc1=O. The van der Waals surface area contributed by atoms with Crippen LogP contribution < -0.4 is 15.6 Å². The number of halogens is 4. The zero-order valence-corrected chi connectivity index (χ0v) is 23.6. The van der Waals surface area contributed by atoms with Gasteiger partial charge in [-0.05, 0) is 47.5 Å². The molecule has 226 valence electrons. The highest BCUT2D eigenvalue weighted by atomic mass is 35.5. The van der Waals surface area contributed by atoms with Gasteiger partial charge in [0.15, 0.2) is 0 Å². The van der Waals surface area contributed by atoms with Crippen LogP contribution in [0.25, 0.3) is 22.3 Å². The molecule has 2 heterocycles. The third-order valence-corrected chi connectivity index (χ3v) is 6.69. The molecule has 4 rings (SSSR count). The molecule has 43 heavy (non-hydrogen) atoms. The Labute approximate surface area is 248 Å². The number of benzene rings is 2. The second kappa shape index (κ2) is 13.1. The molecule has 0 saturated heterocycles. The second-order valence-electron chi connectivity index (χ2n) is 9.40. The van der Waals surface area contributed by atoms with Crippen LogP contribution in [0.2, 0.25) is 5.02 Å². The van der Waals surface area contributed by atoms with Crippen molar-refractivity contribution in [3.63, 3.8) is 0 Å². The van der Waals surface area contributed by atoms with Gasteiger partial charge in [0.1, 0.15) is 18.3 Å². The van der Waals surface area contributed by atoms with E-state index in [1.807, 2.05) is 0 Å². The number of nitrogens with one attached hydrogen (secondary N) is 1. The molecular formula is C29H26ClF3N4O6. The predicted octanol–water partition coefficient (Wildman–Crippen LogP) is 5.52. The van der Waals surface area contributed by atoms with Crippen LogP contribution in [0, 0.1) is 0 Å². The summed E-state index contributed by atoms with van der Waals surface area (Å²) < 4.78 is 51.4. The molecule has 10 nitrogen and oxygen atoms in total. The number of carboxylic acid groups (broad SMARTS) is 1. The number of amides is 1. The van der Waals surface area contributed by atoms with E-state index >= 15 is 0 Å². The highest BCUT2D eigenvalue weighted by molar-refractivity contribution is 6.31. The van der Waals surface area contributed by atoms with Crippen molar-refractivity contribution in [2.24, 2.45) is 0 Å². The number of alkyl halides is 3. The fourth-order valence-electron chi connectivity index (χ4n) is 4.46. The summed E-state index contributed by atoms with van der Waals surface area (Å²) >= 11 is 6.27. The van der Waals surface area contributed by atoms with Gasteiger partial charge in [0.25, 0.3) is 5.56 Å². The number of aromatic carboxylic acids is 1. The first-order valence-corrected chi connectivity index (χ1v) is 13.1. The van der Waals surface area contributed by atoms with Crippen molar-refractivity contribution in [1.82, 2.24) is 14.3 Å². The number of carboxylic acids is 1. The lowest BCUT2D eigenvalue weighted by Gasteiger charge is -2.21. The van der Waals surface area contributed by atoms with Crippen LogP contribution in [0.4, 0.5) is 18.9 Å².